The SMILES string of the molecule is COC(=O)C(Cc1ccccc1)=C(C)c1ccccc1. The normalized spacial score (nSPS) is 11.7. The van der Waals surface area contributed by atoms with Crippen molar-refractivity contribution in [1.29, 1.82) is 0 Å². The standard InChI is InChI=1S/C18H18O2/c1-14(16-11-7-4-8-12-16)17(18(19)20-2)13-15-9-5-3-6-10-15/h3-12H,13H2,1-2H3. The zero-order chi connectivity index (χ0) is 14.4. The molecule has 2 aromatic carbocycles. The van der Waals surface area contributed by atoms with Gasteiger partial charge in [-0.1, -0.05) is 60.7 Å². The van der Waals surface area contributed by atoms with Crippen LogP contribution in [0, 0.1) is 0 Å². The van der Waals surface area contributed by atoms with Crippen molar-refractivity contribution in [1.82, 2.24) is 0 Å². The van der Waals surface area contributed by atoms with Crippen LogP contribution in [-0.2, 0) is 16.0 Å². The Morgan fingerprint density at radius 3 is 2.05 bits per heavy atom. The summed E-state index contributed by atoms with van der Waals surface area (Å²) >= 11 is 0. The third-order valence-electron chi connectivity index (χ3n) is 3.31. The predicted octanol–water partition coefficient (Wildman–Crippen LogP) is 3.88. The highest BCUT2D eigenvalue weighted by Gasteiger charge is 2.15. The van der Waals surface area contributed by atoms with Crippen LogP contribution in [0.1, 0.15) is 18.1 Å². The third-order valence-corrected chi connectivity index (χ3v) is 3.31. The number of allylic oxidation sites excluding steroid dienone is 1. The number of methoxy groups -OCH3 is 1. The van der Waals surface area contributed by atoms with Gasteiger partial charge in [0.25, 0.3) is 0 Å². The van der Waals surface area contributed by atoms with Gasteiger partial charge in [-0.25, -0.2) is 4.79 Å². The summed E-state index contributed by atoms with van der Waals surface area (Å²) in [6, 6.07) is 19.9. The second-order valence-electron chi connectivity index (χ2n) is 4.62. The number of rotatable bonds is 4. The van der Waals surface area contributed by atoms with Crippen molar-refractivity contribution in [3.05, 3.63) is 77.4 Å². The molecule has 0 N–H and O–H groups in total. The monoisotopic (exact) mass is 266 g/mol. The maximum Gasteiger partial charge on any atom is 0.334 e. The molecule has 0 aliphatic carbocycles. The lowest BCUT2D eigenvalue weighted by atomic mass is 9.96. The van der Waals surface area contributed by atoms with Crippen LogP contribution >= 0.6 is 0 Å². The molecule has 0 spiro atoms. The Balaban J connectivity index is 2.40. The van der Waals surface area contributed by atoms with E-state index in [0.717, 1.165) is 16.7 Å². The molecule has 0 fully saturated rings. The Kier molecular flexibility index (Phi) is 4.72. The van der Waals surface area contributed by atoms with Crippen LogP contribution in [0.3, 0.4) is 0 Å². The first-order valence-corrected chi connectivity index (χ1v) is 6.59. The molecule has 0 amide bonds. The summed E-state index contributed by atoms with van der Waals surface area (Å²) in [4.78, 5) is 12.1. The molecule has 0 unspecified atom stereocenters. The average Bonchev–Trinajstić information content (AvgIpc) is 2.53. The van der Waals surface area contributed by atoms with Crippen molar-refractivity contribution in [2.75, 3.05) is 7.11 Å². The molecular weight excluding hydrogens is 248 g/mol. The van der Waals surface area contributed by atoms with Gasteiger partial charge in [-0.3, -0.25) is 0 Å². The molecule has 0 bridgehead atoms. The minimum absolute atomic E-state index is 0.268. The summed E-state index contributed by atoms with van der Waals surface area (Å²) in [6.45, 7) is 1.96. The van der Waals surface area contributed by atoms with Gasteiger partial charge in [-0.05, 0) is 23.6 Å². The zero-order valence-electron chi connectivity index (χ0n) is 11.8. The van der Waals surface area contributed by atoms with Gasteiger partial charge < -0.3 is 4.74 Å². The molecule has 2 heteroatoms. The highest BCUT2D eigenvalue weighted by Crippen LogP contribution is 2.22. The summed E-state index contributed by atoms with van der Waals surface area (Å²) in [5.74, 6) is -0.268. The van der Waals surface area contributed by atoms with Gasteiger partial charge in [0, 0.05) is 12.0 Å². The predicted molar refractivity (Wildman–Crippen MR) is 81.2 cm³/mol. The molecule has 2 aromatic rings. The lowest BCUT2D eigenvalue weighted by molar-refractivity contribution is -0.136. The van der Waals surface area contributed by atoms with E-state index in [1.165, 1.54) is 7.11 Å². The first-order chi connectivity index (χ1) is 9.72. The van der Waals surface area contributed by atoms with Crippen LogP contribution in [0.2, 0.25) is 0 Å². The Morgan fingerprint density at radius 1 is 0.950 bits per heavy atom. The molecule has 102 valence electrons. The number of benzene rings is 2. The van der Waals surface area contributed by atoms with E-state index < -0.39 is 0 Å². The molecule has 0 saturated heterocycles. The molecule has 0 aromatic heterocycles. The van der Waals surface area contributed by atoms with E-state index >= 15 is 0 Å². The summed E-state index contributed by atoms with van der Waals surface area (Å²) in [5, 5.41) is 0. The molecule has 0 aliphatic heterocycles. The van der Waals surface area contributed by atoms with Crippen LogP contribution in [0.4, 0.5) is 0 Å². The second kappa shape index (κ2) is 6.71. The van der Waals surface area contributed by atoms with E-state index in [4.69, 9.17) is 4.74 Å². The molecule has 0 atom stereocenters. The maximum absolute atomic E-state index is 12.1. The van der Waals surface area contributed by atoms with E-state index in [0.29, 0.717) is 12.0 Å². The lowest BCUT2D eigenvalue weighted by Gasteiger charge is -2.11. The van der Waals surface area contributed by atoms with Gasteiger partial charge in [-0.2, -0.15) is 0 Å². The van der Waals surface area contributed by atoms with Crippen molar-refractivity contribution in [3.63, 3.8) is 0 Å². The summed E-state index contributed by atoms with van der Waals surface area (Å²) in [7, 11) is 1.42. The highest BCUT2D eigenvalue weighted by molar-refractivity contribution is 5.97. The van der Waals surface area contributed by atoms with Gasteiger partial charge in [0.1, 0.15) is 0 Å². The summed E-state index contributed by atoms with van der Waals surface area (Å²) in [6.07, 6.45) is 0.578. The molecule has 20 heavy (non-hydrogen) atoms. The zero-order valence-corrected chi connectivity index (χ0v) is 11.8. The van der Waals surface area contributed by atoms with Gasteiger partial charge in [-0.15, -0.1) is 0 Å². The fourth-order valence-electron chi connectivity index (χ4n) is 2.14. The largest absolute Gasteiger partial charge is 0.466 e. The maximum atomic E-state index is 12.1. The Hall–Kier alpha value is -2.35. The number of carbonyl (C=O) groups is 1. The number of esters is 1. The van der Waals surface area contributed by atoms with Crippen LogP contribution in [-0.4, -0.2) is 13.1 Å². The molecular formula is C18H18O2. The molecule has 2 nitrogen and oxygen atoms in total. The van der Waals surface area contributed by atoms with E-state index in [-0.39, 0.29) is 5.97 Å². The molecule has 2 rings (SSSR count). The average molecular weight is 266 g/mol. The quantitative estimate of drug-likeness (QED) is 0.620. The fraction of sp³-hybridized carbons (Fsp3) is 0.167. The van der Waals surface area contributed by atoms with Crippen LogP contribution in [0.15, 0.2) is 66.2 Å². The number of carbonyl (C=O) groups excluding carboxylic acids is 1. The van der Waals surface area contributed by atoms with E-state index in [1.54, 1.807) is 0 Å². The molecule has 0 heterocycles. The first kappa shape index (κ1) is 14.1. The minimum atomic E-state index is -0.268. The highest BCUT2D eigenvalue weighted by atomic mass is 16.5. The van der Waals surface area contributed by atoms with Crippen LogP contribution < -0.4 is 0 Å². The van der Waals surface area contributed by atoms with Crippen molar-refractivity contribution in [2.45, 2.75) is 13.3 Å². The van der Waals surface area contributed by atoms with Crippen molar-refractivity contribution in [3.8, 4) is 0 Å². The van der Waals surface area contributed by atoms with Crippen LogP contribution in [0.5, 0.6) is 0 Å². The van der Waals surface area contributed by atoms with Crippen molar-refractivity contribution < 1.29 is 9.53 Å². The Labute approximate surface area is 119 Å². The van der Waals surface area contributed by atoms with Gasteiger partial charge >= 0.3 is 5.97 Å². The smallest absolute Gasteiger partial charge is 0.334 e. The topological polar surface area (TPSA) is 26.3 Å². The van der Waals surface area contributed by atoms with E-state index in [9.17, 15) is 4.79 Å². The van der Waals surface area contributed by atoms with Gasteiger partial charge in [0.15, 0.2) is 0 Å². The summed E-state index contributed by atoms with van der Waals surface area (Å²) in [5.41, 5.74) is 3.80. The van der Waals surface area contributed by atoms with Crippen LogP contribution in [0.25, 0.3) is 5.57 Å². The first-order valence-electron chi connectivity index (χ1n) is 6.59. The number of hydrogen-bond donors (Lipinski definition) is 0. The van der Waals surface area contributed by atoms with Crippen molar-refractivity contribution >= 4 is 11.5 Å². The third kappa shape index (κ3) is 3.35. The molecule has 0 aliphatic rings. The van der Waals surface area contributed by atoms with E-state index in [2.05, 4.69) is 0 Å². The summed E-state index contributed by atoms with van der Waals surface area (Å²) < 4.78 is 4.93. The van der Waals surface area contributed by atoms with Gasteiger partial charge in [0.2, 0.25) is 0 Å². The number of hydrogen-bond acceptors (Lipinski definition) is 2. The lowest BCUT2D eigenvalue weighted by Crippen LogP contribution is -2.09. The van der Waals surface area contributed by atoms with Crippen molar-refractivity contribution in [2.24, 2.45) is 0 Å². The van der Waals surface area contributed by atoms with Gasteiger partial charge in [0.05, 0.1) is 7.11 Å². The van der Waals surface area contributed by atoms with E-state index in [1.807, 2.05) is 67.6 Å². The molecule has 0 radical (unpaired) electrons. The molecule has 0 saturated carbocycles. The fourth-order valence-corrected chi connectivity index (χ4v) is 2.14. The minimum Gasteiger partial charge on any atom is -0.466 e. The number of ether oxygens (including phenoxy) is 1. The Bertz CT molecular complexity index is 598. The second-order valence-corrected chi connectivity index (χ2v) is 4.62. The Morgan fingerprint density at radius 2 is 1.50 bits per heavy atom.